The monoisotopic (exact) mass is 336 g/mol. The topological polar surface area (TPSA) is 35.5 Å². The molecule has 2 aromatic rings. The van der Waals surface area contributed by atoms with Crippen molar-refractivity contribution in [2.75, 3.05) is 24.6 Å². The van der Waals surface area contributed by atoms with Crippen molar-refractivity contribution in [1.29, 1.82) is 0 Å². The highest BCUT2D eigenvalue weighted by atomic mass is 16.3. The lowest BCUT2D eigenvalue weighted by Crippen LogP contribution is -2.34. The molecule has 0 aromatic heterocycles. The molecule has 3 heteroatoms. The largest absolute Gasteiger partial charge is 0.396 e. The number of hydrogen-bond donors (Lipinski definition) is 2. The minimum Gasteiger partial charge on any atom is -0.396 e. The number of aryl methyl sites for hydroxylation is 1. The van der Waals surface area contributed by atoms with E-state index < -0.39 is 0 Å². The number of hydrogen-bond acceptors (Lipinski definition) is 3. The van der Waals surface area contributed by atoms with Gasteiger partial charge in [-0.15, -0.1) is 0 Å². The first kappa shape index (κ1) is 16.6. The Kier molecular flexibility index (Phi) is 5.04. The Hall–Kier alpha value is -1.84. The van der Waals surface area contributed by atoms with Crippen LogP contribution in [0, 0.1) is 5.92 Å². The van der Waals surface area contributed by atoms with Crippen molar-refractivity contribution in [3.63, 3.8) is 0 Å². The van der Waals surface area contributed by atoms with Crippen molar-refractivity contribution in [3.8, 4) is 0 Å². The molecule has 2 aliphatic rings. The summed E-state index contributed by atoms with van der Waals surface area (Å²) in [5.41, 5.74) is 5.64. The molecule has 2 aromatic carbocycles. The molecule has 0 spiro atoms. The zero-order valence-electron chi connectivity index (χ0n) is 14.8. The lowest BCUT2D eigenvalue weighted by molar-refractivity contribution is 0.203. The van der Waals surface area contributed by atoms with E-state index >= 15 is 0 Å². The summed E-state index contributed by atoms with van der Waals surface area (Å²) >= 11 is 0. The van der Waals surface area contributed by atoms with Crippen LogP contribution >= 0.6 is 0 Å². The van der Waals surface area contributed by atoms with E-state index in [1.54, 1.807) is 0 Å². The van der Waals surface area contributed by atoms with Gasteiger partial charge in [0.1, 0.15) is 0 Å². The summed E-state index contributed by atoms with van der Waals surface area (Å²) in [6.07, 6.45) is 4.59. The van der Waals surface area contributed by atoms with Crippen LogP contribution < -0.4 is 10.2 Å². The summed E-state index contributed by atoms with van der Waals surface area (Å²) in [4.78, 5) is 2.44. The van der Waals surface area contributed by atoms with E-state index in [0.717, 1.165) is 32.5 Å². The highest BCUT2D eigenvalue weighted by molar-refractivity contribution is 5.48. The average molecular weight is 336 g/mol. The van der Waals surface area contributed by atoms with E-state index in [1.807, 2.05) is 0 Å². The molecule has 132 valence electrons. The van der Waals surface area contributed by atoms with Crippen LogP contribution in [-0.2, 0) is 13.0 Å². The van der Waals surface area contributed by atoms with Crippen molar-refractivity contribution < 1.29 is 5.11 Å². The maximum absolute atomic E-state index is 9.27. The van der Waals surface area contributed by atoms with Crippen LogP contribution in [0.25, 0.3) is 0 Å². The molecule has 0 bridgehead atoms. The number of aliphatic hydroxyl groups excluding tert-OH is 1. The Bertz CT molecular complexity index is 689. The molecule has 4 rings (SSSR count). The Morgan fingerprint density at radius 2 is 1.72 bits per heavy atom. The third kappa shape index (κ3) is 3.73. The highest BCUT2D eigenvalue weighted by Gasteiger charge is 2.21. The van der Waals surface area contributed by atoms with Crippen LogP contribution in [0.5, 0.6) is 0 Å². The van der Waals surface area contributed by atoms with Crippen molar-refractivity contribution in [1.82, 2.24) is 5.32 Å². The lowest BCUT2D eigenvalue weighted by atomic mass is 9.97. The number of nitrogens with zero attached hydrogens (tertiary/aromatic N) is 1. The second-order valence-electron chi connectivity index (χ2n) is 7.45. The van der Waals surface area contributed by atoms with Crippen molar-refractivity contribution in [2.45, 2.75) is 38.3 Å². The van der Waals surface area contributed by atoms with E-state index in [-0.39, 0.29) is 0 Å². The molecule has 1 saturated heterocycles. The van der Waals surface area contributed by atoms with Gasteiger partial charge in [-0.2, -0.15) is 0 Å². The van der Waals surface area contributed by atoms with Crippen LogP contribution in [0.2, 0.25) is 0 Å². The molecular formula is C22H28N2O. The van der Waals surface area contributed by atoms with Gasteiger partial charge in [-0.05, 0) is 60.4 Å². The second-order valence-corrected chi connectivity index (χ2v) is 7.45. The van der Waals surface area contributed by atoms with Gasteiger partial charge in [0.25, 0.3) is 0 Å². The fourth-order valence-electron chi connectivity index (χ4n) is 4.21. The summed E-state index contributed by atoms with van der Waals surface area (Å²) in [7, 11) is 0. The van der Waals surface area contributed by atoms with Crippen LogP contribution in [0.3, 0.4) is 0 Å². The number of benzene rings is 2. The Labute approximate surface area is 150 Å². The van der Waals surface area contributed by atoms with Crippen LogP contribution in [0.1, 0.15) is 42.0 Å². The summed E-state index contributed by atoms with van der Waals surface area (Å²) in [5.74, 6) is 0.494. The number of nitrogens with one attached hydrogen (secondary N) is 1. The van der Waals surface area contributed by atoms with Gasteiger partial charge in [0, 0.05) is 38.0 Å². The minimum absolute atomic E-state index is 0.336. The number of rotatable bonds is 5. The average Bonchev–Trinajstić information content (AvgIpc) is 3.10. The van der Waals surface area contributed by atoms with Gasteiger partial charge in [-0.3, -0.25) is 0 Å². The maximum atomic E-state index is 9.27. The molecule has 25 heavy (non-hydrogen) atoms. The molecular weight excluding hydrogens is 308 g/mol. The SMILES string of the molecule is OCC1CCN(c2ccc(CNC3CCc4ccccc43)cc2)CC1. The summed E-state index contributed by atoms with van der Waals surface area (Å²) in [6, 6.07) is 18.3. The zero-order chi connectivity index (χ0) is 17.1. The normalized spacial score (nSPS) is 20.7. The van der Waals surface area contributed by atoms with Gasteiger partial charge in [0.15, 0.2) is 0 Å². The summed E-state index contributed by atoms with van der Waals surface area (Å²) in [6.45, 7) is 3.37. The van der Waals surface area contributed by atoms with Gasteiger partial charge in [0.05, 0.1) is 0 Å². The number of aliphatic hydroxyl groups is 1. The number of fused-ring (bicyclic) bond motifs is 1. The standard InChI is InChI=1S/C22H28N2O/c25-16-18-11-13-24(14-12-18)20-8-5-17(6-9-20)15-23-22-10-7-19-3-1-2-4-21(19)22/h1-6,8-9,18,22-23,25H,7,10-16H2. The first-order valence-corrected chi connectivity index (χ1v) is 9.59. The quantitative estimate of drug-likeness (QED) is 0.874. The third-order valence-corrected chi connectivity index (χ3v) is 5.86. The highest BCUT2D eigenvalue weighted by Crippen LogP contribution is 2.31. The van der Waals surface area contributed by atoms with Gasteiger partial charge in [0.2, 0.25) is 0 Å². The minimum atomic E-state index is 0.336. The van der Waals surface area contributed by atoms with E-state index in [2.05, 4.69) is 58.7 Å². The predicted octanol–water partition coefficient (Wildman–Crippen LogP) is 3.67. The molecule has 0 saturated carbocycles. The van der Waals surface area contributed by atoms with Crippen molar-refractivity contribution in [3.05, 3.63) is 65.2 Å². The number of anilines is 1. The Morgan fingerprint density at radius 3 is 2.48 bits per heavy atom. The maximum Gasteiger partial charge on any atom is 0.0460 e. The summed E-state index contributed by atoms with van der Waals surface area (Å²) in [5, 5.41) is 13.0. The Balaban J connectivity index is 1.32. The smallest absolute Gasteiger partial charge is 0.0460 e. The van der Waals surface area contributed by atoms with E-state index in [0.29, 0.717) is 18.6 Å². The third-order valence-electron chi connectivity index (χ3n) is 5.86. The van der Waals surface area contributed by atoms with Gasteiger partial charge in [-0.25, -0.2) is 0 Å². The van der Waals surface area contributed by atoms with Crippen LogP contribution in [0.4, 0.5) is 5.69 Å². The van der Waals surface area contributed by atoms with Gasteiger partial charge >= 0.3 is 0 Å². The fourth-order valence-corrected chi connectivity index (χ4v) is 4.21. The van der Waals surface area contributed by atoms with E-state index in [1.165, 1.54) is 35.2 Å². The molecule has 1 heterocycles. The molecule has 0 radical (unpaired) electrons. The van der Waals surface area contributed by atoms with Gasteiger partial charge < -0.3 is 15.3 Å². The molecule has 1 fully saturated rings. The predicted molar refractivity (Wildman–Crippen MR) is 103 cm³/mol. The molecule has 1 atom stereocenters. The molecule has 2 N–H and O–H groups in total. The zero-order valence-corrected chi connectivity index (χ0v) is 14.8. The lowest BCUT2D eigenvalue weighted by Gasteiger charge is -2.33. The summed E-state index contributed by atoms with van der Waals surface area (Å²) < 4.78 is 0. The second kappa shape index (κ2) is 7.59. The first-order valence-electron chi connectivity index (χ1n) is 9.59. The van der Waals surface area contributed by atoms with E-state index in [9.17, 15) is 5.11 Å². The van der Waals surface area contributed by atoms with E-state index in [4.69, 9.17) is 0 Å². The molecule has 0 amide bonds. The molecule has 1 aliphatic carbocycles. The molecule has 1 unspecified atom stereocenters. The van der Waals surface area contributed by atoms with Crippen LogP contribution in [0.15, 0.2) is 48.5 Å². The van der Waals surface area contributed by atoms with Crippen molar-refractivity contribution >= 4 is 5.69 Å². The van der Waals surface area contributed by atoms with Crippen LogP contribution in [-0.4, -0.2) is 24.8 Å². The number of piperidine rings is 1. The van der Waals surface area contributed by atoms with Crippen molar-refractivity contribution in [2.24, 2.45) is 5.92 Å². The molecule has 1 aliphatic heterocycles. The molecule has 3 nitrogen and oxygen atoms in total. The fraction of sp³-hybridized carbons (Fsp3) is 0.455. The Morgan fingerprint density at radius 1 is 0.960 bits per heavy atom. The van der Waals surface area contributed by atoms with Gasteiger partial charge in [-0.1, -0.05) is 36.4 Å². The first-order chi connectivity index (χ1) is 12.3.